The van der Waals surface area contributed by atoms with Crippen molar-refractivity contribution >= 4 is 11.8 Å². The molecule has 0 aliphatic carbocycles. The second-order valence-electron chi connectivity index (χ2n) is 14.0. The molecule has 0 spiro atoms. The Bertz CT molecular complexity index is 2030. The molecule has 1 N–H and O–H groups in total. The smallest absolute Gasteiger partial charge is 0.453 e. The number of alkyl halides is 3. The molecule has 3 heterocycles. The predicted molar refractivity (Wildman–Crippen MR) is 201 cm³/mol. The summed E-state index contributed by atoms with van der Waals surface area (Å²) in [5.74, 6) is -1.29. The first-order valence-electron chi connectivity index (χ1n) is 18.4. The number of ether oxygens (including phenoxy) is 2. The van der Waals surface area contributed by atoms with Crippen LogP contribution in [0.15, 0.2) is 109 Å². The molecule has 0 radical (unpaired) electrons. The Balaban J connectivity index is 1.12. The Kier molecular flexibility index (Phi) is 12.0. The van der Waals surface area contributed by atoms with Gasteiger partial charge in [0, 0.05) is 62.8 Å². The number of carbonyl (C=O) groups is 2. The highest BCUT2D eigenvalue weighted by Crippen LogP contribution is 2.37. The van der Waals surface area contributed by atoms with Gasteiger partial charge in [-0.1, -0.05) is 91.0 Å². The summed E-state index contributed by atoms with van der Waals surface area (Å²) in [6, 6.07) is 34.8. The van der Waals surface area contributed by atoms with Gasteiger partial charge in [0.2, 0.25) is 11.8 Å². The number of benzene rings is 4. The van der Waals surface area contributed by atoms with E-state index in [1.807, 2.05) is 66.7 Å². The Labute approximate surface area is 322 Å². The fraction of sp³-hybridized carbons (Fsp3) is 0.341. The molecule has 7 rings (SSSR count). The zero-order valence-electron chi connectivity index (χ0n) is 30.9. The van der Waals surface area contributed by atoms with Crippen molar-refractivity contribution in [3.05, 3.63) is 137 Å². The molecular weight excluding hydrogens is 725 g/mol. The van der Waals surface area contributed by atoms with E-state index >= 15 is 0 Å². The normalized spacial score (nSPS) is 17.8. The SMILES string of the molecule is COc1ccc(-n2nnnc2C(F)(F)F)cc1CN1C[C@@H]2CN(C(=O)CNC(=O)COCc3ccccc3)CCN2[C@H](C(c2ccccc2)c2ccccc2)C1. The van der Waals surface area contributed by atoms with E-state index in [9.17, 15) is 22.8 Å². The van der Waals surface area contributed by atoms with Crippen LogP contribution >= 0.6 is 0 Å². The van der Waals surface area contributed by atoms with Gasteiger partial charge in [0.05, 0.1) is 25.9 Å². The van der Waals surface area contributed by atoms with Crippen molar-refractivity contribution in [1.29, 1.82) is 0 Å². The first-order chi connectivity index (χ1) is 27.2. The van der Waals surface area contributed by atoms with Gasteiger partial charge < -0.3 is 19.7 Å². The number of carbonyl (C=O) groups excluding carboxylic acids is 2. The Morgan fingerprint density at radius 2 is 1.55 bits per heavy atom. The molecule has 2 aliphatic rings. The summed E-state index contributed by atoms with van der Waals surface area (Å²) in [4.78, 5) is 32.7. The first-order valence-corrected chi connectivity index (χ1v) is 18.4. The largest absolute Gasteiger partial charge is 0.496 e. The van der Waals surface area contributed by atoms with E-state index in [1.165, 1.54) is 13.2 Å². The van der Waals surface area contributed by atoms with Crippen LogP contribution in [0.2, 0.25) is 0 Å². The molecule has 2 amide bonds. The highest BCUT2D eigenvalue weighted by Gasteiger charge is 2.43. The number of hydrogen-bond acceptors (Lipinski definition) is 9. The summed E-state index contributed by atoms with van der Waals surface area (Å²) >= 11 is 0. The van der Waals surface area contributed by atoms with E-state index in [1.54, 1.807) is 17.0 Å². The maximum Gasteiger partial charge on any atom is 0.453 e. The molecule has 5 aromatic rings. The van der Waals surface area contributed by atoms with Crippen LogP contribution in [0.5, 0.6) is 5.75 Å². The third kappa shape index (κ3) is 9.07. The van der Waals surface area contributed by atoms with Gasteiger partial charge in [-0.3, -0.25) is 19.4 Å². The molecule has 2 saturated heterocycles. The van der Waals surface area contributed by atoms with Crippen molar-refractivity contribution in [3.63, 3.8) is 0 Å². The van der Waals surface area contributed by atoms with Gasteiger partial charge in [0.1, 0.15) is 12.4 Å². The number of aromatic nitrogens is 4. The molecule has 0 bridgehead atoms. The summed E-state index contributed by atoms with van der Waals surface area (Å²) in [7, 11) is 1.52. The average Bonchev–Trinajstić information content (AvgIpc) is 3.73. The van der Waals surface area contributed by atoms with E-state index < -0.39 is 12.0 Å². The summed E-state index contributed by atoms with van der Waals surface area (Å²) in [5, 5.41) is 12.9. The summed E-state index contributed by atoms with van der Waals surface area (Å²) in [5.41, 5.74) is 4.07. The van der Waals surface area contributed by atoms with Gasteiger partial charge in [-0.2, -0.15) is 17.9 Å². The van der Waals surface area contributed by atoms with E-state index in [2.05, 4.69) is 54.9 Å². The fourth-order valence-corrected chi connectivity index (χ4v) is 7.79. The standard InChI is InChI=1S/C41H43F3N8O4/c1-55-36-18-17-33(52-40(41(42,43)44)46-47-48-52)21-32(36)23-49-24-34-25-50(38(54)22-45-37(53)28-56-27-29-11-5-2-6-12-29)19-20-51(34)35(26-49)39(30-13-7-3-8-14-30)31-15-9-4-10-16-31/h2-18,21,34-35,39H,19-20,22-28H2,1H3,(H,45,53)/t34-,35+/m1/s1. The van der Waals surface area contributed by atoms with Crippen LogP contribution < -0.4 is 10.1 Å². The zero-order valence-corrected chi connectivity index (χ0v) is 30.9. The number of methoxy groups -OCH3 is 1. The number of tetrazole rings is 1. The maximum absolute atomic E-state index is 13.8. The minimum Gasteiger partial charge on any atom is -0.496 e. The molecule has 0 saturated carbocycles. The van der Waals surface area contributed by atoms with Crippen LogP contribution in [-0.4, -0.2) is 112 Å². The zero-order chi connectivity index (χ0) is 39.1. The molecule has 0 unspecified atom stereocenters. The Morgan fingerprint density at radius 3 is 2.21 bits per heavy atom. The predicted octanol–water partition coefficient (Wildman–Crippen LogP) is 4.55. The van der Waals surface area contributed by atoms with Crippen molar-refractivity contribution in [2.45, 2.75) is 37.3 Å². The van der Waals surface area contributed by atoms with Crippen LogP contribution in [0.4, 0.5) is 13.2 Å². The van der Waals surface area contributed by atoms with E-state index in [-0.39, 0.29) is 48.7 Å². The molecule has 1 aromatic heterocycles. The molecule has 4 aromatic carbocycles. The van der Waals surface area contributed by atoms with Gasteiger partial charge in [-0.15, -0.1) is 5.10 Å². The molecule has 15 heteroatoms. The van der Waals surface area contributed by atoms with Gasteiger partial charge in [-0.25, -0.2) is 0 Å². The van der Waals surface area contributed by atoms with E-state index in [4.69, 9.17) is 9.47 Å². The Hall–Kier alpha value is -5.64. The third-order valence-corrected chi connectivity index (χ3v) is 10.3. The fourth-order valence-electron chi connectivity index (χ4n) is 7.79. The molecule has 56 heavy (non-hydrogen) atoms. The van der Waals surface area contributed by atoms with Crippen LogP contribution in [0, 0.1) is 0 Å². The Morgan fingerprint density at radius 1 is 0.875 bits per heavy atom. The molecule has 292 valence electrons. The molecule has 2 atom stereocenters. The van der Waals surface area contributed by atoms with Crippen molar-refractivity contribution in [2.24, 2.45) is 0 Å². The van der Waals surface area contributed by atoms with Crippen LogP contribution in [0.1, 0.15) is 34.0 Å². The van der Waals surface area contributed by atoms with Crippen molar-refractivity contribution in [2.75, 3.05) is 53.0 Å². The van der Waals surface area contributed by atoms with Gasteiger partial charge >= 0.3 is 6.18 Å². The topological polar surface area (TPSA) is 118 Å². The van der Waals surface area contributed by atoms with E-state index in [0.717, 1.165) is 16.7 Å². The molecule has 2 aliphatic heterocycles. The van der Waals surface area contributed by atoms with Crippen LogP contribution in [0.3, 0.4) is 0 Å². The molecule has 12 nitrogen and oxygen atoms in total. The van der Waals surface area contributed by atoms with Gasteiger partial charge in [-0.05, 0) is 45.3 Å². The minimum atomic E-state index is -4.75. The lowest BCUT2D eigenvalue weighted by molar-refractivity contribution is -0.146. The number of fused-ring (bicyclic) bond motifs is 1. The summed E-state index contributed by atoms with van der Waals surface area (Å²) in [6.45, 7) is 3.08. The number of amides is 2. The number of halogens is 3. The minimum absolute atomic E-state index is 0.0241. The number of nitrogens with one attached hydrogen (secondary N) is 1. The lowest BCUT2D eigenvalue weighted by Crippen LogP contribution is -2.67. The van der Waals surface area contributed by atoms with Gasteiger partial charge in [0.15, 0.2) is 0 Å². The summed E-state index contributed by atoms with van der Waals surface area (Å²) < 4.78 is 53.2. The highest BCUT2D eigenvalue weighted by molar-refractivity contribution is 5.85. The van der Waals surface area contributed by atoms with E-state index in [0.29, 0.717) is 61.9 Å². The van der Waals surface area contributed by atoms with Crippen LogP contribution in [0.25, 0.3) is 5.69 Å². The quantitative estimate of drug-likeness (QED) is 0.184. The number of hydrogen-bond donors (Lipinski definition) is 1. The average molecular weight is 769 g/mol. The van der Waals surface area contributed by atoms with Gasteiger partial charge in [0.25, 0.3) is 5.82 Å². The maximum atomic E-state index is 13.8. The number of piperazine rings is 2. The van der Waals surface area contributed by atoms with Crippen molar-refractivity contribution in [3.8, 4) is 11.4 Å². The van der Waals surface area contributed by atoms with Crippen molar-refractivity contribution in [1.82, 2.24) is 40.2 Å². The monoisotopic (exact) mass is 768 g/mol. The third-order valence-electron chi connectivity index (χ3n) is 10.3. The molecule has 2 fully saturated rings. The first kappa shape index (κ1) is 38.6. The lowest BCUT2D eigenvalue weighted by Gasteiger charge is -2.53. The lowest BCUT2D eigenvalue weighted by atomic mass is 9.81. The highest BCUT2D eigenvalue weighted by atomic mass is 19.4. The van der Waals surface area contributed by atoms with Crippen LogP contribution in [-0.2, 0) is 33.7 Å². The second kappa shape index (κ2) is 17.4. The number of nitrogens with zero attached hydrogens (tertiary/aromatic N) is 7. The number of rotatable bonds is 13. The van der Waals surface area contributed by atoms with Crippen molar-refractivity contribution < 1.29 is 32.2 Å². The summed E-state index contributed by atoms with van der Waals surface area (Å²) in [6.07, 6.45) is -4.75. The molecular formula is C41H43F3N8O4. The second-order valence-corrected chi connectivity index (χ2v) is 14.0.